The largest absolute Gasteiger partial charge is 0.350 e. The molecule has 0 aliphatic carbocycles. The predicted octanol–water partition coefficient (Wildman–Crippen LogP) is 0.997. The van der Waals surface area contributed by atoms with Gasteiger partial charge in [0, 0.05) is 19.3 Å². The molecule has 5 heteroatoms. The summed E-state index contributed by atoms with van der Waals surface area (Å²) >= 11 is 5.14. The molecule has 0 aliphatic rings. The van der Waals surface area contributed by atoms with E-state index >= 15 is 0 Å². The first-order valence-corrected chi connectivity index (χ1v) is 3.24. The van der Waals surface area contributed by atoms with Crippen LogP contribution in [-0.4, -0.2) is 24.3 Å². The summed E-state index contributed by atoms with van der Waals surface area (Å²) in [6, 6.07) is 0. The van der Waals surface area contributed by atoms with Gasteiger partial charge in [-0.15, -0.1) is 11.6 Å². The zero-order valence-corrected chi connectivity index (χ0v) is 6.21. The van der Waals surface area contributed by atoms with Crippen molar-refractivity contribution in [2.45, 2.75) is 12.8 Å². The standard InChI is InChI=1S/C5H8ClF2NO/c1-5(7,8)4(10)9-3-2-6/h2-3H2,1H3,(H,9,10). The molecular formula is C5H8ClF2NO. The maximum Gasteiger partial charge on any atom is 0.321 e. The highest BCUT2D eigenvalue weighted by Crippen LogP contribution is 2.10. The van der Waals surface area contributed by atoms with Crippen molar-refractivity contribution in [3.63, 3.8) is 0 Å². The molecule has 0 spiro atoms. The van der Waals surface area contributed by atoms with Crippen molar-refractivity contribution < 1.29 is 13.6 Å². The summed E-state index contributed by atoms with van der Waals surface area (Å²) in [4.78, 5) is 10.3. The molecule has 0 aliphatic heterocycles. The molecule has 0 aromatic rings. The molecule has 0 unspecified atom stereocenters. The minimum absolute atomic E-state index is 0.0732. The van der Waals surface area contributed by atoms with E-state index in [4.69, 9.17) is 11.6 Å². The van der Waals surface area contributed by atoms with Crippen molar-refractivity contribution in [1.29, 1.82) is 0 Å². The molecule has 0 atom stereocenters. The number of carbonyl (C=O) groups is 1. The second-order valence-electron chi connectivity index (χ2n) is 1.83. The molecule has 0 rings (SSSR count). The molecule has 2 nitrogen and oxygen atoms in total. The number of hydrogen-bond donors (Lipinski definition) is 1. The summed E-state index contributed by atoms with van der Waals surface area (Å²) in [6.45, 7) is 0.611. The highest BCUT2D eigenvalue weighted by molar-refractivity contribution is 6.18. The van der Waals surface area contributed by atoms with Crippen LogP contribution in [-0.2, 0) is 4.79 Å². The summed E-state index contributed by atoms with van der Waals surface area (Å²) in [5, 5.41) is 1.95. The SMILES string of the molecule is CC(F)(F)C(=O)NCCCl. The van der Waals surface area contributed by atoms with Gasteiger partial charge in [0.05, 0.1) is 0 Å². The topological polar surface area (TPSA) is 29.1 Å². The van der Waals surface area contributed by atoms with Crippen LogP contribution in [0.5, 0.6) is 0 Å². The van der Waals surface area contributed by atoms with Gasteiger partial charge in [-0.1, -0.05) is 0 Å². The molecule has 0 saturated heterocycles. The molecule has 0 aromatic heterocycles. The summed E-state index contributed by atoms with van der Waals surface area (Å²) < 4.78 is 24.0. The van der Waals surface area contributed by atoms with Crippen LogP contribution < -0.4 is 5.32 Å². The molecule has 10 heavy (non-hydrogen) atoms. The second kappa shape index (κ2) is 3.71. The third kappa shape index (κ3) is 3.61. The number of amides is 1. The fraction of sp³-hybridized carbons (Fsp3) is 0.800. The minimum Gasteiger partial charge on any atom is -0.350 e. The van der Waals surface area contributed by atoms with E-state index < -0.39 is 11.8 Å². The Morgan fingerprint density at radius 2 is 2.20 bits per heavy atom. The van der Waals surface area contributed by atoms with Crippen LogP contribution in [0, 0.1) is 0 Å². The van der Waals surface area contributed by atoms with Crippen LogP contribution in [0.2, 0.25) is 0 Å². The van der Waals surface area contributed by atoms with E-state index in [1.54, 1.807) is 0 Å². The van der Waals surface area contributed by atoms with Crippen LogP contribution in [0.4, 0.5) is 8.78 Å². The normalized spacial score (nSPS) is 11.2. The van der Waals surface area contributed by atoms with E-state index in [1.165, 1.54) is 0 Å². The van der Waals surface area contributed by atoms with Crippen LogP contribution >= 0.6 is 11.6 Å². The van der Waals surface area contributed by atoms with E-state index in [9.17, 15) is 13.6 Å². The Kier molecular flexibility index (Phi) is 3.57. The molecular weight excluding hydrogens is 164 g/mol. The Morgan fingerprint density at radius 3 is 2.50 bits per heavy atom. The maximum atomic E-state index is 12.0. The molecule has 0 radical (unpaired) electrons. The zero-order chi connectivity index (χ0) is 8.20. The Bertz CT molecular complexity index is 123. The van der Waals surface area contributed by atoms with Crippen LogP contribution in [0.25, 0.3) is 0 Å². The second-order valence-corrected chi connectivity index (χ2v) is 2.21. The molecule has 0 fully saturated rings. The van der Waals surface area contributed by atoms with Crippen molar-refractivity contribution in [2.24, 2.45) is 0 Å². The van der Waals surface area contributed by atoms with Gasteiger partial charge in [-0.05, 0) is 0 Å². The maximum absolute atomic E-state index is 12.0. The van der Waals surface area contributed by atoms with Gasteiger partial charge in [0.1, 0.15) is 0 Å². The fourth-order valence-corrected chi connectivity index (χ4v) is 0.410. The molecule has 0 heterocycles. The van der Waals surface area contributed by atoms with E-state index in [0.29, 0.717) is 6.92 Å². The Hall–Kier alpha value is -0.380. The van der Waals surface area contributed by atoms with E-state index in [0.717, 1.165) is 0 Å². The number of carbonyl (C=O) groups excluding carboxylic acids is 1. The van der Waals surface area contributed by atoms with Gasteiger partial charge < -0.3 is 5.32 Å². The van der Waals surface area contributed by atoms with Crippen LogP contribution in [0.3, 0.4) is 0 Å². The first-order chi connectivity index (χ1) is 4.48. The van der Waals surface area contributed by atoms with Crippen molar-refractivity contribution in [2.75, 3.05) is 12.4 Å². The summed E-state index contributed by atoms with van der Waals surface area (Å²) in [7, 11) is 0. The first kappa shape index (κ1) is 9.62. The smallest absolute Gasteiger partial charge is 0.321 e. The van der Waals surface area contributed by atoms with Crippen LogP contribution in [0.1, 0.15) is 6.92 Å². The molecule has 1 amide bonds. The summed E-state index contributed by atoms with van der Waals surface area (Å²) in [6.07, 6.45) is 0. The monoisotopic (exact) mass is 171 g/mol. The average Bonchev–Trinajstić information content (AvgIpc) is 1.80. The predicted molar refractivity (Wildman–Crippen MR) is 34.4 cm³/mol. The molecule has 1 N–H and O–H groups in total. The van der Waals surface area contributed by atoms with Gasteiger partial charge in [-0.25, -0.2) is 0 Å². The highest BCUT2D eigenvalue weighted by atomic mass is 35.5. The van der Waals surface area contributed by atoms with Crippen molar-refractivity contribution in [1.82, 2.24) is 5.32 Å². The summed E-state index contributed by atoms with van der Waals surface area (Å²) in [5.41, 5.74) is 0. The zero-order valence-electron chi connectivity index (χ0n) is 5.46. The number of hydrogen-bond acceptors (Lipinski definition) is 1. The van der Waals surface area contributed by atoms with E-state index in [-0.39, 0.29) is 12.4 Å². The van der Waals surface area contributed by atoms with Crippen molar-refractivity contribution in [3.05, 3.63) is 0 Å². The Labute approximate surface area is 62.5 Å². The van der Waals surface area contributed by atoms with Gasteiger partial charge in [0.15, 0.2) is 0 Å². The van der Waals surface area contributed by atoms with E-state index in [1.807, 2.05) is 5.32 Å². The molecule has 0 saturated carbocycles. The third-order valence-corrected chi connectivity index (χ3v) is 0.968. The Morgan fingerprint density at radius 1 is 1.70 bits per heavy atom. The molecule has 60 valence electrons. The van der Waals surface area contributed by atoms with E-state index in [2.05, 4.69) is 0 Å². The van der Waals surface area contributed by atoms with Gasteiger partial charge >= 0.3 is 5.92 Å². The lowest BCUT2D eigenvalue weighted by Gasteiger charge is -2.08. The van der Waals surface area contributed by atoms with Crippen LogP contribution in [0.15, 0.2) is 0 Å². The number of rotatable bonds is 3. The lowest BCUT2D eigenvalue weighted by Crippen LogP contribution is -2.38. The Balaban J connectivity index is 3.64. The highest BCUT2D eigenvalue weighted by Gasteiger charge is 2.31. The van der Waals surface area contributed by atoms with Crippen molar-refractivity contribution in [3.8, 4) is 0 Å². The fourth-order valence-electron chi connectivity index (χ4n) is 0.316. The first-order valence-electron chi connectivity index (χ1n) is 2.70. The van der Waals surface area contributed by atoms with Gasteiger partial charge in [0.2, 0.25) is 0 Å². The number of alkyl halides is 3. The minimum atomic E-state index is -3.30. The third-order valence-electron chi connectivity index (χ3n) is 0.779. The lowest BCUT2D eigenvalue weighted by molar-refractivity contribution is -0.142. The molecule has 0 bridgehead atoms. The van der Waals surface area contributed by atoms with Gasteiger partial charge in [-0.3, -0.25) is 4.79 Å². The lowest BCUT2D eigenvalue weighted by atomic mass is 10.3. The summed E-state index contributed by atoms with van der Waals surface area (Å²) in [5.74, 6) is -4.44. The molecule has 0 aromatic carbocycles. The quantitative estimate of drug-likeness (QED) is 0.631. The van der Waals surface area contributed by atoms with Gasteiger partial charge in [0.25, 0.3) is 5.91 Å². The number of nitrogens with one attached hydrogen (secondary N) is 1. The average molecular weight is 172 g/mol. The van der Waals surface area contributed by atoms with Crippen molar-refractivity contribution >= 4 is 17.5 Å². The van der Waals surface area contributed by atoms with Gasteiger partial charge in [-0.2, -0.15) is 8.78 Å². The number of halogens is 3.